The summed E-state index contributed by atoms with van der Waals surface area (Å²) < 4.78 is 0. The zero-order valence-corrected chi connectivity index (χ0v) is 12.7. The monoisotopic (exact) mass is 256 g/mol. The third-order valence-corrected chi connectivity index (χ3v) is 4.54. The first-order chi connectivity index (χ1) is 8.51. The van der Waals surface area contributed by atoms with Crippen molar-refractivity contribution in [2.75, 3.05) is 33.8 Å². The van der Waals surface area contributed by atoms with Crippen molar-refractivity contribution < 1.29 is 5.11 Å². The first-order valence-electron chi connectivity index (χ1n) is 7.49. The molecule has 0 bridgehead atoms. The summed E-state index contributed by atoms with van der Waals surface area (Å²) in [7, 11) is 4.30. The standard InChI is InChI=1S/C15H32N2O/c1-13(2)14(17(3)4)10-16-11-15(12-18)8-6-5-7-9-15/h13-14,16,18H,5-12H2,1-4H3. The lowest BCUT2D eigenvalue weighted by Crippen LogP contribution is -2.46. The molecule has 3 heteroatoms. The molecule has 1 aliphatic rings. The summed E-state index contributed by atoms with van der Waals surface area (Å²) in [5.74, 6) is 0.656. The topological polar surface area (TPSA) is 35.5 Å². The van der Waals surface area contributed by atoms with Gasteiger partial charge in [-0.3, -0.25) is 0 Å². The molecule has 1 aliphatic carbocycles. The van der Waals surface area contributed by atoms with E-state index in [0.717, 1.165) is 13.1 Å². The lowest BCUT2D eigenvalue weighted by Gasteiger charge is -2.37. The van der Waals surface area contributed by atoms with Gasteiger partial charge in [-0.25, -0.2) is 0 Å². The van der Waals surface area contributed by atoms with Gasteiger partial charge in [0.1, 0.15) is 0 Å². The van der Waals surface area contributed by atoms with Crippen LogP contribution < -0.4 is 5.32 Å². The van der Waals surface area contributed by atoms with Gasteiger partial charge in [-0.1, -0.05) is 33.1 Å². The third-order valence-electron chi connectivity index (χ3n) is 4.54. The summed E-state index contributed by atoms with van der Waals surface area (Å²) in [5, 5.41) is 13.3. The quantitative estimate of drug-likeness (QED) is 0.732. The van der Waals surface area contributed by atoms with E-state index < -0.39 is 0 Å². The highest BCUT2D eigenvalue weighted by atomic mass is 16.3. The summed E-state index contributed by atoms with van der Waals surface area (Å²) in [4.78, 5) is 2.30. The Morgan fingerprint density at radius 1 is 1.17 bits per heavy atom. The van der Waals surface area contributed by atoms with Crippen LogP contribution in [-0.4, -0.2) is 49.8 Å². The number of aliphatic hydroxyl groups excluding tert-OH is 1. The predicted molar refractivity (Wildman–Crippen MR) is 77.8 cm³/mol. The second-order valence-corrected chi connectivity index (χ2v) is 6.62. The van der Waals surface area contributed by atoms with E-state index in [-0.39, 0.29) is 5.41 Å². The normalized spacial score (nSPS) is 21.5. The summed E-state index contributed by atoms with van der Waals surface area (Å²) in [5.41, 5.74) is 0.159. The van der Waals surface area contributed by atoms with Crippen LogP contribution >= 0.6 is 0 Å². The van der Waals surface area contributed by atoms with Crippen molar-refractivity contribution in [3.05, 3.63) is 0 Å². The highest BCUT2D eigenvalue weighted by molar-refractivity contribution is 4.85. The fourth-order valence-corrected chi connectivity index (χ4v) is 3.19. The van der Waals surface area contributed by atoms with Crippen molar-refractivity contribution in [1.82, 2.24) is 10.2 Å². The van der Waals surface area contributed by atoms with Crippen molar-refractivity contribution >= 4 is 0 Å². The van der Waals surface area contributed by atoms with E-state index in [4.69, 9.17) is 0 Å². The molecule has 0 aromatic heterocycles. The van der Waals surface area contributed by atoms with E-state index in [1.807, 2.05) is 0 Å². The minimum atomic E-state index is 0.159. The molecule has 1 unspecified atom stereocenters. The molecule has 1 atom stereocenters. The second-order valence-electron chi connectivity index (χ2n) is 6.62. The largest absolute Gasteiger partial charge is 0.396 e. The van der Waals surface area contributed by atoms with Gasteiger partial charge in [-0.2, -0.15) is 0 Å². The number of hydrogen-bond donors (Lipinski definition) is 2. The minimum absolute atomic E-state index is 0.159. The lowest BCUT2D eigenvalue weighted by atomic mass is 9.74. The number of likely N-dealkylation sites (N-methyl/N-ethyl adjacent to an activating group) is 1. The number of nitrogens with one attached hydrogen (secondary N) is 1. The molecular weight excluding hydrogens is 224 g/mol. The molecule has 1 fully saturated rings. The van der Waals surface area contributed by atoms with Crippen LogP contribution in [0.15, 0.2) is 0 Å². The molecule has 0 heterocycles. The van der Waals surface area contributed by atoms with Crippen LogP contribution in [0, 0.1) is 11.3 Å². The van der Waals surface area contributed by atoms with E-state index in [9.17, 15) is 5.11 Å². The Bertz CT molecular complexity index is 215. The first-order valence-corrected chi connectivity index (χ1v) is 7.49. The van der Waals surface area contributed by atoms with Crippen LogP contribution in [0.3, 0.4) is 0 Å². The average Bonchev–Trinajstić information content (AvgIpc) is 2.35. The van der Waals surface area contributed by atoms with Gasteiger partial charge >= 0.3 is 0 Å². The third kappa shape index (κ3) is 4.52. The van der Waals surface area contributed by atoms with E-state index in [1.165, 1.54) is 32.1 Å². The van der Waals surface area contributed by atoms with Gasteiger partial charge in [0.05, 0.1) is 0 Å². The zero-order valence-electron chi connectivity index (χ0n) is 12.7. The Kier molecular flexibility index (Phi) is 6.61. The van der Waals surface area contributed by atoms with Crippen molar-refractivity contribution in [3.8, 4) is 0 Å². The summed E-state index contributed by atoms with van der Waals surface area (Å²) in [6.45, 7) is 6.88. The Labute approximate surface area is 113 Å². The first kappa shape index (κ1) is 15.9. The molecule has 0 aromatic rings. The minimum Gasteiger partial charge on any atom is -0.396 e. The average molecular weight is 256 g/mol. The smallest absolute Gasteiger partial charge is 0.0499 e. The number of hydrogen-bond acceptors (Lipinski definition) is 3. The van der Waals surface area contributed by atoms with Crippen LogP contribution in [0.4, 0.5) is 0 Å². The SMILES string of the molecule is CC(C)C(CNCC1(CO)CCCCC1)N(C)C. The molecular formula is C15H32N2O. The molecule has 3 nitrogen and oxygen atoms in total. The predicted octanol–water partition coefficient (Wildman–Crippen LogP) is 2.10. The highest BCUT2D eigenvalue weighted by Gasteiger charge is 2.31. The van der Waals surface area contributed by atoms with Crippen molar-refractivity contribution in [3.63, 3.8) is 0 Å². The van der Waals surface area contributed by atoms with E-state index in [2.05, 4.69) is 38.2 Å². The van der Waals surface area contributed by atoms with E-state index >= 15 is 0 Å². The van der Waals surface area contributed by atoms with Gasteiger partial charge in [0.15, 0.2) is 0 Å². The van der Waals surface area contributed by atoms with Crippen LogP contribution in [0.2, 0.25) is 0 Å². The van der Waals surface area contributed by atoms with Crippen LogP contribution in [-0.2, 0) is 0 Å². The van der Waals surface area contributed by atoms with Crippen LogP contribution in [0.5, 0.6) is 0 Å². The number of aliphatic hydroxyl groups is 1. The van der Waals surface area contributed by atoms with Gasteiger partial charge in [0.2, 0.25) is 0 Å². The molecule has 108 valence electrons. The molecule has 1 rings (SSSR count). The molecule has 0 aliphatic heterocycles. The molecule has 1 saturated carbocycles. The fourth-order valence-electron chi connectivity index (χ4n) is 3.19. The fraction of sp³-hybridized carbons (Fsp3) is 1.00. The molecule has 0 aromatic carbocycles. The number of rotatable bonds is 7. The van der Waals surface area contributed by atoms with Crippen molar-refractivity contribution in [1.29, 1.82) is 0 Å². The second kappa shape index (κ2) is 7.46. The zero-order chi connectivity index (χ0) is 13.6. The highest BCUT2D eigenvalue weighted by Crippen LogP contribution is 2.35. The van der Waals surface area contributed by atoms with Gasteiger partial charge in [0, 0.05) is 31.2 Å². The molecule has 18 heavy (non-hydrogen) atoms. The van der Waals surface area contributed by atoms with Gasteiger partial charge in [0.25, 0.3) is 0 Å². The molecule has 0 radical (unpaired) electrons. The molecule has 0 amide bonds. The lowest BCUT2D eigenvalue weighted by molar-refractivity contribution is 0.0782. The maximum absolute atomic E-state index is 9.67. The summed E-state index contributed by atoms with van der Waals surface area (Å²) in [6.07, 6.45) is 6.27. The van der Waals surface area contributed by atoms with Crippen molar-refractivity contribution in [2.24, 2.45) is 11.3 Å². The molecule has 2 N–H and O–H groups in total. The molecule has 0 saturated heterocycles. The summed E-state index contributed by atoms with van der Waals surface area (Å²) in [6, 6.07) is 0.573. The van der Waals surface area contributed by atoms with Gasteiger partial charge in [-0.05, 0) is 32.9 Å². The van der Waals surface area contributed by atoms with Gasteiger partial charge < -0.3 is 15.3 Å². The van der Waals surface area contributed by atoms with Crippen molar-refractivity contribution in [2.45, 2.75) is 52.0 Å². The maximum Gasteiger partial charge on any atom is 0.0499 e. The van der Waals surface area contributed by atoms with Crippen LogP contribution in [0.25, 0.3) is 0 Å². The molecule has 0 spiro atoms. The Balaban J connectivity index is 2.38. The maximum atomic E-state index is 9.67. The van der Waals surface area contributed by atoms with Gasteiger partial charge in [-0.15, -0.1) is 0 Å². The number of nitrogens with zero attached hydrogens (tertiary/aromatic N) is 1. The Hall–Kier alpha value is -0.120. The summed E-state index contributed by atoms with van der Waals surface area (Å²) >= 11 is 0. The van der Waals surface area contributed by atoms with Crippen LogP contribution in [0.1, 0.15) is 46.0 Å². The van der Waals surface area contributed by atoms with E-state index in [1.54, 1.807) is 0 Å². The Morgan fingerprint density at radius 2 is 1.78 bits per heavy atom. The Morgan fingerprint density at radius 3 is 2.22 bits per heavy atom. The van der Waals surface area contributed by atoms with E-state index in [0.29, 0.717) is 18.6 Å².